The summed E-state index contributed by atoms with van der Waals surface area (Å²) in [4.78, 5) is 47.4. The fourth-order valence-electron chi connectivity index (χ4n) is 10.6. The molecular weight excluding hydrogens is 813 g/mol. The highest BCUT2D eigenvalue weighted by molar-refractivity contribution is 6.91. The topological polar surface area (TPSA) is 154 Å². The SMILES string of the molecule is COc1ccc([Si](C)(C)[C@H]2[C@H](CCn3cc(C(CO)c4ccccc4)nn3)O[C@@]3(C(=O)N(Cc4cccc(N5CCNCC5=O)c4)c4ccc(N5CCNCC5=O)cc43)[C@@H]2C)cc1. The Labute approximate surface area is 369 Å². The Morgan fingerprint density at radius 1 is 0.889 bits per heavy atom. The third-order valence-corrected chi connectivity index (χ3v) is 18.2. The first-order chi connectivity index (χ1) is 30.5. The fourth-order valence-corrected chi connectivity index (χ4v) is 14.6. The van der Waals surface area contributed by atoms with Gasteiger partial charge in [0.2, 0.25) is 11.8 Å². The second kappa shape index (κ2) is 17.5. The van der Waals surface area contributed by atoms with Crippen LogP contribution in [-0.2, 0) is 37.8 Å². The monoisotopic (exact) mass is 868 g/mol. The number of aromatic nitrogens is 3. The minimum absolute atomic E-state index is 0.00960. The molecule has 3 fully saturated rings. The number of piperazine rings is 2. The highest BCUT2D eigenvalue weighted by atomic mass is 28.3. The molecule has 5 atom stereocenters. The lowest BCUT2D eigenvalue weighted by Crippen LogP contribution is -2.52. The molecule has 0 aliphatic carbocycles. The van der Waals surface area contributed by atoms with Crippen LogP contribution in [0.3, 0.4) is 0 Å². The lowest BCUT2D eigenvalue weighted by molar-refractivity contribution is -0.146. The predicted octanol–water partition coefficient (Wildman–Crippen LogP) is 4.14. The average molecular weight is 869 g/mol. The van der Waals surface area contributed by atoms with Crippen LogP contribution in [0.1, 0.15) is 41.6 Å². The Hall–Kier alpha value is -5.71. The summed E-state index contributed by atoms with van der Waals surface area (Å²) in [5, 5.41) is 27.0. The molecule has 9 rings (SSSR count). The Kier molecular flexibility index (Phi) is 11.8. The van der Waals surface area contributed by atoms with Crippen LogP contribution in [0.15, 0.2) is 103 Å². The Morgan fingerprint density at radius 2 is 1.59 bits per heavy atom. The smallest absolute Gasteiger partial charge is 0.264 e. The van der Waals surface area contributed by atoms with Gasteiger partial charge in [-0.1, -0.05) is 85.0 Å². The largest absolute Gasteiger partial charge is 0.497 e. The van der Waals surface area contributed by atoms with Crippen molar-refractivity contribution in [3.63, 3.8) is 0 Å². The van der Waals surface area contributed by atoms with Gasteiger partial charge in [-0.15, -0.1) is 5.10 Å². The standard InChI is InChI=1S/C48H56N8O6Si/c1-32-46(63(3,4)38-16-14-37(61-2)15-17-38)43(19-22-53-30-41(51-52-53)39(31-57)34-10-6-5-7-11-34)62-48(32)40-26-36(55-24-21-50-28-45(55)59)13-18-42(40)56(47(48)60)29-33-9-8-12-35(25-33)54-23-20-49-27-44(54)58/h5-18,25-26,30,32,39,43,46,49-50,57H,19-24,27-29,31H2,1-4H3/t32-,39?,43+,46-,48+/m1/s1. The first-order valence-electron chi connectivity index (χ1n) is 22.0. The van der Waals surface area contributed by atoms with E-state index in [-0.39, 0.29) is 67.4 Å². The zero-order valence-corrected chi connectivity index (χ0v) is 37.4. The van der Waals surface area contributed by atoms with Crippen LogP contribution in [0.25, 0.3) is 0 Å². The maximum absolute atomic E-state index is 15.7. The molecule has 4 aromatic carbocycles. The molecule has 14 nitrogen and oxygen atoms in total. The van der Waals surface area contributed by atoms with Crippen molar-refractivity contribution in [1.82, 2.24) is 25.6 Å². The average Bonchev–Trinajstić information content (AvgIpc) is 3.96. The molecule has 1 spiro atoms. The van der Waals surface area contributed by atoms with Gasteiger partial charge in [0, 0.05) is 61.8 Å². The summed E-state index contributed by atoms with van der Waals surface area (Å²) in [6.07, 6.45) is 2.10. The normalized spacial score (nSPS) is 23.2. The van der Waals surface area contributed by atoms with Crippen LogP contribution in [0, 0.1) is 5.92 Å². The van der Waals surface area contributed by atoms with Crippen molar-refractivity contribution >= 4 is 48.0 Å². The number of benzene rings is 4. The molecule has 1 aromatic heterocycles. The van der Waals surface area contributed by atoms with Crippen molar-refractivity contribution in [2.24, 2.45) is 5.92 Å². The van der Waals surface area contributed by atoms with Gasteiger partial charge in [-0.05, 0) is 65.6 Å². The van der Waals surface area contributed by atoms with Gasteiger partial charge in [0.25, 0.3) is 5.91 Å². The van der Waals surface area contributed by atoms with E-state index < -0.39 is 13.7 Å². The molecule has 4 aliphatic rings. The van der Waals surface area contributed by atoms with E-state index in [4.69, 9.17) is 9.47 Å². The van der Waals surface area contributed by atoms with Crippen LogP contribution >= 0.6 is 0 Å². The van der Waals surface area contributed by atoms with Crippen molar-refractivity contribution in [1.29, 1.82) is 0 Å². The number of hydrogen-bond acceptors (Lipinski definition) is 10. The van der Waals surface area contributed by atoms with Gasteiger partial charge in [0.15, 0.2) is 5.60 Å². The molecule has 4 aliphatic heterocycles. The number of ether oxygens (including phenoxy) is 2. The zero-order valence-electron chi connectivity index (χ0n) is 36.4. The minimum atomic E-state index is -2.48. The minimum Gasteiger partial charge on any atom is -0.497 e. The number of carbonyl (C=O) groups is 3. The summed E-state index contributed by atoms with van der Waals surface area (Å²) in [5.74, 6) is 0.0409. The highest BCUT2D eigenvalue weighted by Gasteiger charge is 2.66. The van der Waals surface area contributed by atoms with Crippen molar-refractivity contribution in [2.75, 3.05) is 67.7 Å². The van der Waals surface area contributed by atoms with Crippen LogP contribution in [0.4, 0.5) is 17.1 Å². The molecule has 3 N–H and O–H groups in total. The van der Waals surface area contributed by atoms with Gasteiger partial charge >= 0.3 is 0 Å². The molecular formula is C48H56N8O6Si. The number of carbonyl (C=O) groups excluding carboxylic acids is 3. The van der Waals surface area contributed by atoms with Crippen LogP contribution < -0.4 is 35.3 Å². The second-order valence-corrected chi connectivity index (χ2v) is 22.4. The Bertz CT molecular complexity index is 2480. The Balaban J connectivity index is 1.11. The number of amides is 3. The van der Waals surface area contributed by atoms with Crippen LogP contribution in [-0.4, -0.2) is 105 Å². The number of rotatable bonds is 13. The van der Waals surface area contributed by atoms with Gasteiger partial charge in [-0.2, -0.15) is 0 Å². The van der Waals surface area contributed by atoms with Gasteiger partial charge in [0.1, 0.15) is 5.75 Å². The summed E-state index contributed by atoms with van der Waals surface area (Å²) in [7, 11) is -0.818. The van der Waals surface area contributed by atoms with Crippen LogP contribution in [0.2, 0.25) is 18.6 Å². The predicted molar refractivity (Wildman–Crippen MR) is 244 cm³/mol. The van der Waals surface area contributed by atoms with E-state index in [0.717, 1.165) is 39.5 Å². The molecule has 328 valence electrons. The molecule has 0 saturated carbocycles. The molecule has 15 heteroatoms. The van der Waals surface area contributed by atoms with E-state index in [1.54, 1.807) is 16.9 Å². The highest BCUT2D eigenvalue weighted by Crippen LogP contribution is 2.60. The first-order valence-corrected chi connectivity index (χ1v) is 25.1. The number of methoxy groups -OCH3 is 1. The third-order valence-electron chi connectivity index (χ3n) is 13.8. The summed E-state index contributed by atoms with van der Waals surface area (Å²) in [5.41, 5.74) is 4.20. The van der Waals surface area contributed by atoms with Gasteiger partial charge < -0.3 is 39.9 Å². The van der Waals surface area contributed by atoms with Crippen molar-refractivity contribution < 1.29 is 29.0 Å². The zero-order chi connectivity index (χ0) is 43.9. The van der Waals surface area contributed by atoms with E-state index in [0.29, 0.717) is 44.8 Å². The summed E-state index contributed by atoms with van der Waals surface area (Å²) < 4.78 is 14.9. The first kappa shape index (κ1) is 42.6. The van der Waals surface area contributed by atoms with Gasteiger partial charge in [0.05, 0.1) is 64.8 Å². The van der Waals surface area contributed by atoms with E-state index in [2.05, 4.69) is 53.1 Å². The van der Waals surface area contributed by atoms with Crippen molar-refractivity contribution in [3.05, 3.63) is 126 Å². The van der Waals surface area contributed by atoms with Crippen molar-refractivity contribution in [3.8, 4) is 5.75 Å². The lowest BCUT2D eigenvalue weighted by Gasteiger charge is -2.37. The number of nitrogens with zero attached hydrogens (tertiary/aromatic N) is 6. The number of aliphatic hydroxyl groups excluding tert-OH is 1. The van der Waals surface area contributed by atoms with E-state index >= 15 is 4.79 Å². The quantitative estimate of drug-likeness (QED) is 0.147. The molecule has 3 amide bonds. The number of anilines is 3. The molecule has 0 bridgehead atoms. The lowest BCUT2D eigenvalue weighted by atomic mass is 9.82. The molecule has 1 unspecified atom stereocenters. The molecule has 63 heavy (non-hydrogen) atoms. The number of fused-ring (bicyclic) bond motifs is 2. The number of nitrogens with one attached hydrogen (secondary N) is 2. The maximum Gasteiger partial charge on any atom is 0.264 e. The molecule has 5 heterocycles. The maximum atomic E-state index is 15.7. The molecule has 3 saturated heterocycles. The third kappa shape index (κ3) is 7.75. The van der Waals surface area contributed by atoms with E-state index in [1.807, 2.05) is 101 Å². The summed E-state index contributed by atoms with van der Waals surface area (Å²) in [6.45, 7) is 10.5. The van der Waals surface area contributed by atoms with Crippen LogP contribution in [0.5, 0.6) is 5.75 Å². The number of aryl methyl sites for hydroxylation is 1. The summed E-state index contributed by atoms with van der Waals surface area (Å²) >= 11 is 0. The summed E-state index contributed by atoms with van der Waals surface area (Å²) in [6, 6.07) is 32.0. The molecule has 0 radical (unpaired) electrons. The van der Waals surface area contributed by atoms with E-state index in [1.165, 1.54) is 5.19 Å². The van der Waals surface area contributed by atoms with Crippen molar-refractivity contribution in [2.45, 2.75) is 62.7 Å². The Morgan fingerprint density at radius 3 is 2.25 bits per heavy atom. The second-order valence-electron chi connectivity index (χ2n) is 17.7. The van der Waals surface area contributed by atoms with Gasteiger partial charge in [-0.25, -0.2) is 0 Å². The fraction of sp³-hybridized carbons (Fsp3) is 0.396. The van der Waals surface area contributed by atoms with Gasteiger partial charge in [-0.3, -0.25) is 19.1 Å². The number of hydrogen-bond donors (Lipinski definition) is 3. The van der Waals surface area contributed by atoms with E-state index in [9.17, 15) is 14.7 Å². The molecule has 5 aromatic rings. The number of aliphatic hydroxyl groups is 1.